The second-order valence-electron chi connectivity index (χ2n) is 4.46. The third-order valence-electron chi connectivity index (χ3n) is 3.34. The molecule has 3 rings (SSSR count). The molecule has 0 saturated carbocycles. The van der Waals surface area contributed by atoms with E-state index in [2.05, 4.69) is 9.47 Å². The molecule has 3 aromatic rings. The van der Waals surface area contributed by atoms with Crippen molar-refractivity contribution in [3.63, 3.8) is 0 Å². The van der Waals surface area contributed by atoms with E-state index in [0.717, 1.165) is 14.2 Å². The van der Waals surface area contributed by atoms with Crippen LogP contribution in [-0.2, 0) is 0 Å². The van der Waals surface area contributed by atoms with E-state index >= 15 is 0 Å². The number of methoxy groups -OCH3 is 2. The average molecular weight is 352 g/mol. The lowest BCUT2D eigenvalue weighted by molar-refractivity contribution is 0.350. The van der Waals surface area contributed by atoms with E-state index in [-0.39, 0.29) is 0 Å². The monoisotopic (exact) mass is 352 g/mol. The topological polar surface area (TPSA) is 18.5 Å². The van der Waals surface area contributed by atoms with Crippen molar-refractivity contribution in [2.45, 2.75) is 0 Å². The van der Waals surface area contributed by atoms with Gasteiger partial charge in [-0.1, -0.05) is 0 Å². The Balaban J connectivity index is 2.66. The van der Waals surface area contributed by atoms with Crippen molar-refractivity contribution < 1.29 is 35.8 Å². The molecule has 0 aliphatic heterocycles. The standard InChI is InChI=1S/C14H6F6O2S/c1-21-11-7(17)5(15)3-4-6(16)8(18)12(22-2)10(20)14(4)23-13(3)9(11)19/h1-2H3. The van der Waals surface area contributed by atoms with Gasteiger partial charge in [-0.2, -0.15) is 8.78 Å². The Kier molecular flexibility index (Phi) is 3.55. The van der Waals surface area contributed by atoms with Crippen LogP contribution in [0.5, 0.6) is 11.5 Å². The minimum absolute atomic E-state index is 0.296. The molecule has 0 radical (unpaired) electrons. The summed E-state index contributed by atoms with van der Waals surface area (Å²) < 4.78 is 92.0. The number of thiophene rings is 1. The Morgan fingerprint density at radius 1 is 0.565 bits per heavy atom. The predicted octanol–water partition coefficient (Wildman–Crippen LogP) is 4.91. The molecule has 9 heteroatoms. The molecule has 0 saturated heterocycles. The Bertz CT molecular complexity index is 890. The SMILES string of the molecule is COc1c(F)c(F)c2c(sc3c(F)c(OC)c(F)c(F)c32)c1F. The van der Waals surface area contributed by atoms with Crippen LogP contribution in [-0.4, -0.2) is 14.2 Å². The molecule has 0 aliphatic rings. The van der Waals surface area contributed by atoms with E-state index in [1.165, 1.54) is 0 Å². The first-order valence-corrected chi connectivity index (χ1v) is 6.83. The zero-order valence-corrected chi connectivity index (χ0v) is 12.3. The molecule has 2 aromatic carbocycles. The van der Waals surface area contributed by atoms with Crippen LogP contribution in [0, 0.1) is 34.9 Å². The van der Waals surface area contributed by atoms with Gasteiger partial charge in [-0.3, -0.25) is 0 Å². The molecule has 0 spiro atoms. The van der Waals surface area contributed by atoms with Crippen LogP contribution >= 0.6 is 11.3 Å². The Morgan fingerprint density at radius 3 is 1.22 bits per heavy atom. The maximum absolute atomic E-state index is 14.2. The molecule has 122 valence electrons. The maximum Gasteiger partial charge on any atom is 0.204 e. The summed E-state index contributed by atoms with van der Waals surface area (Å²) in [5.41, 5.74) is 0. The van der Waals surface area contributed by atoms with Gasteiger partial charge in [-0.05, 0) is 0 Å². The quantitative estimate of drug-likeness (QED) is 0.482. The highest BCUT2D eigenvalue weighted by Gasteiger charge is 2.30. The zero-order valence-electron chi connectivity index (χ0n) is 11.5. The summed E-state index contributed by atoms with van der Waals surface area (Å²) in [4.78, 5) is 0. The van der Waals surface area contributed by atoms with Crippen LogP contribution in [0.3, 0.4) is 0 Å². The molecule has 23 heavy (non-hydrogen) atoms. The maximum atomic E-state index is 14.2. The van der Waals surface area contributed by atoms with Gasteiger partial charge >= 0.3 is 0 Å². The lowest BCUT2D eigenvalue weighted by atomic mass is 10.1. The molecular formula is C14H6F6O2S. The van der Waals surface area contributed by atoms with Crippen molar-refractivity contribution in [3.8, 4) is 11.5 Å². The summed E-state index contributed by atoms with van der Waals surface area (Å²) in [6.07, 6.45) is 0. The summed E-state index contributed by atoms with van der Waals surface area (Å²) >= 11 is 0.296. The Hall–Kier alpha value is -2.16. The first-order valence-electron chi connectivity index (χ1n) is 6.02. The summed E-state index contributed by atoms with van der Waals surface area (Å²) in [5.74, 6) is -11.5. The Labute approximate surface area is 128 Å². The van der Waals surface area contributed by atoms with E-state index in [9.17, 15) is 26.3 Å². The highest BCUT2D eigenvalue weighted by atomic mass is 32.1. The van der Waals surface area contributed by atoms with E-state index in [1.54, 1.807) is 0 Å². The van der Waals surface area contributed by atoms with E-state index < -0.39 is 66.6 Å². The van der Waals surface area contributed by atoms with Crippen LogP contribution in [0.1, 0.15) is 0 Å². The average Bonchev–Trinajstić information content (AvgIpc) is 2.93. The van der Waals surface area contributed by atoms with Gasteiger partial charge in [0.05, 0.1) is 23.6 Å². The minimum Gasteiger partial charge on any atom is -0.491 e. The highest BCUT2D eigenvalue weighted by Crippen LogP contribution is 2.46. The highest BCUT2D eigenvalue weighted by molar-refractivity contribution is 7.26. The van der Waals surface area contributed by atoms with Crippen LogP contribution in [0.4, 0.5) is 26.3 Å². The predicted molar refractivity (Wildman–Crippen MR) is 72.2 cm³/mol. The second kappa shape index (κ2) is 5.19. The fraction of sp³-hybridized carbons (Fsp3) is 0.143. The molecule has 0 N–H and O–H groups in total. The van der Waals surface area contributed by atoms with Gasteiger partial charge in [-0.15, -0.1) is 11.3 Å². The third-order valence-corrected chi connectivity index (χ3v) is 4.51. The molecule has 2 nitrogen and oxygen atoms in total. The smallest absolute Gasteiger partial charge is 0.204 e. The van der Waals surface area contributed by atoms with Crippen molar-refractivity contribution in [3.05, 3.63) is 34.9 Å². The molecule has 1 heterocycles. The van der Waals surface area contributed by atoms with Gasteiger partial charge in [-0.25, -0.2) is 17.6 Å². The van der Waals surface area contributed by atoms with Gasteiger partial charge < -0.3 is 9.47 Å². The number of hydrogen-bond acceptors (Lipinski definition) is 3. The molecule has 0 amide bonds. The van der Waals surface area contributed by atoms with Crippen LogP contribution in [0.2, 0.25) is 0 Å². The molecule has 1 aromatic heterocycles. The molecule has 0 atom stereocenters. The summed E-state index contributed by atoms with van der Waals surface area (Å²) in [7, 11) is 1.81. The van der Waals surface area contributed by atoms with Gasteiger partial charge in [0.1, 0.15) is 0 Å². The van der Waals surface area contributed by atoms with E-state index in [1.807, 2.05) is 0 Å². The summed E-state index contributed by atoms with van der Waals surface area (Å²) in [5, 5.41) is -1.78. The number of ether oxygens (including phenoxy) is 2. The van der Waals surface area contributed by atoms with Crippen molar-refractivity contribution >= 4 is 31.5 Å². The largest absolute Gasteiger partial charge is 0.491 e. The third kappa shape index (κ3) is 1.89. The van der Waals surface area contributed by atoms with E-state index in [0.29, 0.717) is 11.3 Å². The van der Waals surface area contributed by atoms with Crippen LogP contribution in [0.15, 0.2) is 0 Å². The first kappa shape index (κ1) is 15.7. The summed E-state index contributed by atoms with van der Waals surface area (Å²) in [6.45, 7) is 0. The van der Waals surface area contributed by atoms with E-state index in [4.69, 9.17) is 0 Å². The number of fused-ring (bicyclic) bond motifs is 3. The molecule has 0 aliphatic carbocycles. The zero-order chi connectivity index (χ0) is 17.0. The first-order chi connectivity index (χ1) is 10.8. The number of hydrogen-bond donors (Lipinski definition) is 0. The Morgan fingerprint density at radius 2 is 0.913 bits per heavy atom. The van der Waals surface area contributed by atoms with Gasteiger partial charge in [0, 0.05) is 10.8 Å². The van der Waals surface area contributed by atoms with Crippen molar-refractivity contribution in [1.82, 2.24) is 0 Å². The van der Waals surface area contributed by atoms with Crippen LogP contribution in [0.25, 0.3) is 20.2 Å². The fourth-order valence-corrected chi connectivity index (χ4v) is 3.49. The second-order valence-corrected chi connectivity index (χ2v) is 5.48. The molecule has 0 bridgehead atoms. The van der Waals surface area contributed by atoms with Gasteiger partial charge in [0.15, 0.2) is 34.8 Å². The summed E-state index contributed by atoms with van der Waals surface area (Å²) in [6, 6.07) is 0. The number of rotatable bonds is 2. The molecular weight excluding hydrogens is 346 g/mol. The molecule has 0 fully saturated rings. The van der Waals surface area contributed by atoms with Crippen molar-refractivity contribution in [1.29, 1.82) is 0 Å². The van der Waals surface area contributed by atoms with Gasteiger partial charge in [0.25, 0.3) is 0 Å². The van der Waals surface area contributed by atoms with Crippen LogP contribution < -0.4 is 9.47 Å². The minimum atomic E-state index is -1.71. The molecule has 0 unspecified atom stereocenters. The number of halogens is 6. The van der Waals surface area contributed by atoms with Crippen molar-refractivity contribution in [2.24, 2.45) is 0 Å². The lowest BCUT2D eigenvalue weighted by Crippen LogP contribution is -1.99. The van der Waals surface area contributed by atoms with Crippen molar-refractivity contribution in [2.75, 3.05) is 14.2 Å². The number of benzene rings is 2. The normalized spacial score (nSPS) is 11.5. The van der Waals surface area contributed by atoms with Gasteiger partial charge in [0.2, 0.25) is 11.6 Å². The lowest BCUT2D eigenvalue weighted by Gasteiger charge is -2.07. The fourth-order valence-electron chi connectivity index (χ4n) is 2.34.